The molecule has 1 aliphatic heterocycles. The second-order valence-electron chi connectivity index (χ2n) is 7.89. The van der Waals surface area contributed by atoms with Gasteiger partial charge in [-0.2, -0.15) is 0 Å². The van der Waals surface area contributed by atoms with Gasteiger partial charge in [0.15, 0.2) is 0 Å². The van der Waals surface area contributed by atoms with Crippen molar-refractivity contribution in [3.63, 3.8) is 0 Å². The molecular weight excluding hydrogens is 396 g/mol. The van der Waals surface area contributed by atoms with E-state index < -0.39 is 11.5 Å². The van der Waals surface area contributed by atoms with Crippen LogP contribution in [0.2, 0.25) is 0 Å². The number of benzene rings is 2. The number of nitrogens with one attached hydrogen (secondary N) is 1. The molecule has 7 heteroatoms. The quantitative estimate of drug-likeness (QED) is 0.673. The van der Waals surface area contributed by atoms with Gasteiger partial charge < -0.3 is 4.90 Å². The molecule has 1 fully saturated rings. The van der Waals surface area contributed by atoms with Crippen LogP contribution in [0, 0.1) is 0 Å². The molecule has 1 aromatic heterocycles. The van der Waals surface area contributed by atoms with Gasteiger partial charge in [0.05, 0.1) is 11.5 Å². The minimum absolute atomic E-state index is 0.0290. The zero-order chi connectivity index (χ0) is 20.6. The van der Waals surface area contributed by atoms with E-state index in [0.717, 1.165) is 43.4 Å². The first-order valence-corrected chi connectivity index (χ1v) is 11.1. The highest BCUT2D eigenvalue weighted by molar-refractivity contribution is 7.13. The van der Waals surface area contributed by atoms with Gasteiger partial charge in [0, 0.05) is 11.3 Å². The summed E-state index contributed by atoms with van der Waals surface area (Å²) in [5.41, 5.74) is 3.24. The Labute approximate surface area is 178 Å². The molecule has 1 aliphatic carbocycles. The van der Waals surface area contributed by atoms with Crippen LogP contribution >= 0.6 is 11.3 Å². The number of hydrogen-bond acceptors (Lipinski definition) is 5. The Balaban J connectivity index is 1.70. The molecule has 2 amide bonds. The standard InChI is InChI=1S/C23H22N4O2S/c28-20(25-22-26-24-15-30-22)19-17-11-5-6-12-18(17)21(29)27(16-9-3-1-4-10-16)23(19)13-7-2-8-14-23/h1,3-6,9-12,15,19H,2,7-8,13-14H2,(H,25,26,28)/t19-/m0/s1. The van der Waals surface area contributed by atoms with Crippen LogP contribution < -0.4 is 10.2 Å². The highest BCUT2D eigenvalue weighted by Gasteiger charge is 2.55. The van der Waals surface area contributed by atoms with Crippen LogP contribution in [0.1, 0.15) is 53.9 Å². The zero-order valence-electron chi connectivity index (χ0n) is 16.5. The van der Waals surface area contributed by atoms with Crippen LogP contribution in [0.15, 0.2) is 60.1 Å². The van der Waals surface area contributed by atoms with Gasteiger partial charge in [-0.1, -0.05) is 67.0 Å². The number of nitrogens with zero attached hydrogens (tertiary/aromatic N) is 3. The monoisotopic (exact) mass is 418 g/mol. The summed E-state index contributed by atoms with van der Waals surface area (Å²) in [6, 6.07) is 17.3. The number of para-hydroxylation sites is 1. The topological polar surface area (TPSA) is 75.2 Å². The third-order valence-corrected chi connectivity index (χ3v) is 6.88. The summed E-state index contributed by atoms with van der Waals surface area (Å²) in [6.45, 7) is 0. The molecule has 2 aliphatic rings. The minimum Gasteiger partial charge on any atom is -0.301 e. The summed E-state index contributed by atoms with van der Waals surface area (Å²) in [7, 11) is 0. The van der Waals surface area contributed by atoms with E-state index in [2.05, 4.69) is 15.5 Å². The van der Waals surface area contributed by atoms with Crippen molar-refractivity contribution < 1.29 is 9.59 Å². The first-order valence-electron chi connectivity index (χ1n) is 10.3. The zero-order valence-corrected chi connectivity index (χ0v) is 17.3. The Morgan fingerprint density at radius 2 is 1.77 bits per heavy atom. The summed E-state index contributed by atoms with van der Waals surface area (Å²) >= 11 is 1.29. The lowest BCUT2D eigenvalue weighted by Gasteiger charge is -2.53. The van der Waals surface area contributed by atoms with Crippen LogP contribution in [0.5, 0.6) is 0 Å². The molecule has 6 nitrogen and oxygen atoms in total. The molecule has 1 spiro atoms. The molecular formula is C23H22N4O2S. The number of carbonyl (C=O) groups is 2. The van der Waals surface area contributed by atoms with Crippen molar-refractivity contribution in [2.45, 2.75) is 43.6 Å². The highest BCUT2D eigenvalue weighted by Crippen LogP contribution is 2.51. The number of hydrogen-bond donors (Lipinski definition) is 1. The summed E-state index contributed by atoms with van der Waals surface area (Å²) in [4.78, 5) is 29.3. The molecule has 0 saturated heterocycles. The molecule has 5 rings (SSSR count). The van der Waals surface area contributed by atoms with Crippen LogP contribution in [-0.2, 0) is 4.79 Å². The first kappa shape index (κ1) is 18.9. The highest BCUT2D eigenvalue weighted by atomic mass is 32.1. The van der Waals surface area contributed by atoms with Gasteiger partial charge >= 0.3 is 0 Å². The smallest absolute Gasteiger partial charge is 0.259 e. The third-order valence-electron chi connectivity index (χ3n) is 6.27. The van der Waals surface area contributed by atoms with E-state index in [1.54, 1.807) is 5.51 Å². The van der Waals surface area contributed by atoms with Gasteiger partial charge in [-0.15, -0.1) is 10.2 Å². The predicted molar refractivity (Wildman–Crippen MR) is 117 cm³/mol. The number of carbonyl (C=O) groups excluding carboxylic acids is 2. The molecule has 2 heterocycles. The Morgan fingerprint density at radius 3 is 2.50 bits per heavy atom. The van der Waals surface area contributed by atoms with E-state index in [0.29, 0.717) is 10.7 Å². The van der Waals surface area contributed by atoms with E-state index in [-0.39, 0.29) is 11.8 Å². The molecule has 3 aromatic rings. The Kier molecular flexibility index (Phi) is 4.83. The van der Waals surface area contributed by atoms with Gasteiger partial charge in [0.2, 0.25) is 11.0 Å². The number of amides is 2. The lowest BCUT2D eigenvalue weighted by molar-refractivity contribution is -0.119. The van der Waals surface area contributed by atoms with Crippen molar-refractivity contribution in [3.05, 3.63) is 71.2 Å². The van der Waals surface area contributed by atoms with E-state index >= 15 is 0 Å². The van der Waals surface area contributed by atoms with Crippen molar-refractivity contribution in [2.75, 3.05) is 10.2 Å². The first-order chi connectivity index (χ1) is 14.7. The average molecular weight is 419 g/mol. The Hall–Kier alpha value is -3.06. The number of fused-ring (bicyclic) bond motifs is 1. The summed E-state index contributed by atoms with van der Waals surface area (Å²) < 4.78 is 0. The maximum atomic E-state index is 13.7. The molecule has 0 radical (unpaired) electrons. The lowest BCUT2D eigenvalue weighted by atomic mass is 9.65. The maximum Gasteiger partial charge on any atom is 0.259 e. The minimum atomic E-state index is -0.597. The van der Waals surface area contributed by atoms with Crippen molar-refractivity contribution in [1.82, 2.24) is 10.2 Å². The van der Waals surface area contributed by atoms with Crippen molar-refractivity contribution >= 4 is 34.0 Å². The molecule has 0 unspecified atom stereocenters. The molecule has 1 saturated carbocycles. The average Bonchev–Trinajstić information content (AvgIpc) is 3.28. The van der Waals surface area contributed by atoms with E-state index in [1.807, 2.05) is 59.5 Å². The summed E-state index contributed by atoms with van der Waals surface area (Å²) in [6.07, 6.45) is 4.67. The van der Waals surface area contributed by atoms with Crippen LogP contribution in [0.4, 0.5) is 10.8 Å². The van der Waals surface area contributed by atoms with E-state index in [9.17, 15) is 9.59 Å². The van der Waals surface area contributed by atoms with E-state index in [4.69, 9.17) is 0 Å². The number of anilines is 2. The molecule has 152 valence electrons. The van der Waals surface area contributed by atoms with Crippen molar-refractivity contribution in [2.24, 2.45) is 0 Å². The predicted octanol–water partition coefficient (Wildman–Crippen LogP) is 4.62. The van der Waals surface area contributed by atoms with Crippen LogP contribution in [0.25, 0.3) is 0 Å². The van der Waals surface area contributed by atoms with Gasteiger partial charge in [-0.3, -0.25) is 14.9 Å². The second kappa shape index (κ2) is 7.65. The third kappa shape index (κ3) is 3.01. The normalized spacial score (nSPS) is 20.1. The molecule has 2 aromatic carbocycles. The fourth-order valence-corrected chi connectivity index (χ4v) is 5.55. The second-order valence-corrected chi connectivity index (χ2v) is 8.73. The molecule has 1 N–H and O–H groups in total. The maximum absolute atomic E-state index is 13.7. The fourth-order valence-electron chi connectivity index (χ4n) is 5.10. The Bertz CT molecular complexity index is 1060. The Morgan fingerprint density at radius 1 is 1.03 bits per heavy atom. The molecule has 0 bridgehead atoms. The van der Waals surface area contributed by atoms with Crippen molar-refractivity contribution in [3.8, 4) is 0 Å². The van der Waals surface area contributed by atoms with Gasteiger partial charge in [-0.05, 0) is 36.6 Å². The summed E-state index contributed by atoms with van der Waals surface area (Å²) in [5.74, 6) is -0.635. The van der Waals surface area contributed by atoms with Gasteiger partial charge in [0.25, 0.3) is 5.91 Å². The molecule has 1 atom stereocenters. The SMILES string of the molecule is O=C(Nc1nncs1)[C@@H]1c2ccccc2C(=O)N(c2ccccc2)C12CCCCC2. The van der Waals surface area contributed by atoms with E-state index in [1.165, 1.54) is 11.3 Å². The van der Waals surface area contributed by atoms with Gasteiger partial charge in [-0.25, -0.2) is 0 Å². The van der Waals surface area contributed by atoms with Gasteiger partial charge in [0.1, 0.15) is 5.51 Å². The lowest BCUT2D eigenvalue weighted by Crippen LogP contribution is -2.62. The summed E-state index contributed by atoms with van der Waals surface area (Å²) in [5, 5.41) is 11.3. The molecule has 30 heavy (non-hydrogen) atoms. The van der Waals surface area contributed by atoms with Crippen LogP contribution in [0.3, 0.4) is 0 Å². The fraction of sp³-hybridized carbons (Fsp3) is 0.304. The number of aromatic nitrogens is 2. The largest absolute Gasteiger partial charge is 0.301 e. The van der Waals surface area contributed by atoms with Crippen molar-refractivity contribution in [1.29, 1.82) is 0 Å². The van der Waals surface area contributed by atoms with Crippen LogP contribution in [-0.4, -0.2) is 27.6 Å². The number of rotatable bonds is 3.